The SMILES string of the molecule is Cc1cc(NC(=O)c2cccc(F)c2)sc1C(=O)NCC(C1CCOC1)N1CCOCC1. The third-order valence-electron chi connectivity index (χ3n) is 5.94. The van der Waals surface area contributed by atoms with Crippen molar-refractivity contribution in [1.82, 2.24) is 10.2 Å². The Morgan fingerprint density at radius 2 is 2.00 bits per heavy atom. The minimum Gasteiger partial charge on any atom is -0.381 e. The summed E-state index contributed by atoms with van der Waals surface area (Å²) in [5, 5.41) is 6.40. The lowest BCUT2D eigenvalue weighted by Crippen LogP contribution is -2.52. The molecule has 32 heavy (non-hydrogen) atoms. The van der Waals surface area contributed by atoms with Crippen molar-refractivity contribution < 1.29 is 23.5 Å². The molecule has 9 heteroatoms. The van der Waals surface area contributed by atoms with Crippen LogP contribution in [0.15, 0.2) is 30.3 Å². The number of anilines is 1. The highest BCUT2D eigenvalue weighted by Crippen LogP contribution is 2.28. The van der Waals surface area contributed by atoms with E-state index >= 15 is 0 Å². The molecule has 1 aromatic heterocycles. The average molecular weight is 462 g/mol. The van der Waals surface area contributed by atoms with Crippen LogP contribution in [0.25, 0.3) is 0 Å². The molecule has 2 amide bonds. The molecular weight excluding hydrogens is 433 g/mol. The monoisotopic (exact) mass is 461 g/mol. The molecule has 4 rings (SSSR count). The molecule has 0 radical (unpaired) electrons. The van der Waals surface area contributed by atoms with Gasteiger partial charge in [-0.1, -0.05) is 6.07 Å². The summed E-state index contributed by atoms with van der Waals surface area (Å²) in [5.74, 6) is -0.649. The third-order valence-corrected chi connectivity index (χ3v) is 7.09. The van der Waals surface area contributed by atoms with E-state index in [1.807, 2.05) is 6.92 Å². The van der Waals surface area contributed by atoms with Gasteiger partial charge in [-0.05, 0) is 43.2 Å². The number of thiophene rings is 1. The number of aryl methyl sites for hydroxylation is 1. The van der Waals surface area contributed by atoms with Gasteiger partial charge >= 0.3 is 0 Å². The van der Waals surface area contributed by atoms with Crippen molar-refractivity contribution in [1.29, 1.82) is 0 Å². The molecule has 0 aliphatic carbocycles. The molecule has 2 atom stereocenters. The number of morpholine rings is 1. The van der Waals surface area contributed by atoms with Gasteiger partial charge in [-0.2, -0.15) is 0 Å². The summed E-state index contributed by atoms with van der Waals surface area (Å²) in [4.78, 5) is 28.3. The Hall–Kier alpha value is -2.33. The Morgan fingerprint density at radius 3 is 2.72 bits per heavy atom. The maximum atomic E-state index is 13.4. The molecular formula is C23H28FN3O4S. The highest BCUT2D eigenvalue weighted by atomic mass is 32.1. The fourth-order valence-electron chi connectivity index (χ4n) is 4.22. The number of carbonyl (C=O) groups excluding carboxylic acids is 2. The fraction of sp³-hybridized carbons (Fsp3) is 0.478. The molecule has 0 spiro atoms. The first-order chi connectivity index (χ1) is 15.5. The molecule has 2 saturated heterocycles. The number of carbonyl (C=O) groups is 2. The number of hydrogen-bond acceptors (Lipinski definition) is 6. The van der Waals surface area contributed by atoms with Crippen molar-refractivity contribution in [3.05, 3.63) is 52.2 Å². The van der Waals surface area contributed by atoms with Gasteiger partial charge in [-0.3, -0.25) is 14.5 Å². The summed E-state index contributed by atoms with van der Waals surface area (Å²) in [6.45, 7) is 6.97. The molecule has 1 aromatic carbocycles. The van der Waals surface area contributed by atoms with E-state index < -0.39 is 11.7 Å². The lowest BCUT2D eigenvalue weighted by molar-refractivity contribution is 0.00167. The van der Waals surface area contributed by atoms with Crippen molar-refractivity contribution >= 4 is 28.2 Å². The Bertz CT molecular complexity index is 954. The number of hydrogen-bond donors (Lipinski definition) is 2. The zero-order valence-corrected chi connectivity index (χ0v) is 18.9. The maximum absolute atomic E-state index is 13.4. The molecule has 172 valence electrons. The average Bonchev–Trinajstić information content (AvgIpc) is 3.44. The first-order valence-corrected chi connectivity index (χ1v) is 11.7. The molecule has 2 unspecified atom stereocenters. The molecule has 2 aliphatic rings. The number of rotatable bonds is 7. The van der Waals surface area contributed by atoms with Gasteiger partial charge in [-0.25, -0.2) is 4.39 Å². The van der Waals surface area contributed by atoms with Gasteiger partial charge in [-0.15, -0.1) is 11.3 Å². The van der Waals surface area contributed by atoms with Crippen LogP contribution in [-0.2, 0) is 9.47 Å². The van der Waals surface area contributed by atoms with Gasteiger partial charge in [0.1, 0.15) is 5.82 Å². The van der Waals surface area contributed by atoms with E-state index in [0.29, 0.717) is 42.2 Å². The van der Waals surface area contributed by atoms with Crippen LogP contribution >= 0.6 is 11.3 Å². The molecule has 0 bridgehead atoms. The second-order valence-corrected chi connectivity index (χ2v) is 9.19. The van der Waals surface area contributed by atoms with Gasteiger partial charge in [0, 0.05) is 43.8 Å². The quantitative estimate of drug-likeness (QED) is 0.663. The standard InChI is InChI=1S/C23H28FN3O4S/c1-15-11-20(26-22(28)16-3-2-4-18(24)12-16)32-21(15)23(29)25-13-19(17-5-8-31-14-17)27-6-9-30-10-7-27/h2-4,11-12,17,19H,5-10,13-14H2,1H3,(H,25,29)(H,26,28). The largest absolute Gasteiger partial charge is 0.381 e. The van der Waals surface area contributed by atoms with Crippen LogP contribution in [0.3, 0.4) is 0 Å². The number of amides is 2. The predicted molar refractivity (Wildman–Crippen MR) is 121 cm³/mol. The molecule has 2 aromatic rings. The second kappa shape index (κ2) is 10.5. The van der Waals surface area contributed by atoms with Crippen molar-refractivity contribution in [2.24, 2.45) is 5.92 Å². The summed E-state index contributed by atoms with van der Waals surface area (Å²) in [6.07, 6.45) is 0.992. The zero-order valence-electron chi connectivity index (χ0n) is 18.1. The molecule has 2 aliphatic heterocycles. The van der Waals surface area contributed by atoms with Crippen LogP contribution in [0.2, 0.25) is 0 Å². The van der Waals surface area contributed by atoms with Crippen LogP contribution in [0.1, 0.15) is 32.0 Å². The van der Waals surface area contributed by atoms with Crippen LogP contribution in [0, 0.1) is 18.7 Å². The summed E-state index contributed by atoms with van der Waals surface area (Å²) in [7, 11) is 0. The van der Waals surface area contributed by atoms with E-state index in [0.717, 1.165) is 31.7 Å². The number of nitrogens with zero attached hydrogens (tertiary/aromatic N) is 1. The number of halogens is 1. The van der Waals surface area contributed by atoms with Crippen LogP contribution in [0.4, 0.5) is 9.39 Å². The first-order valence-electron chi connectivity index (χ1n) is 10.9. The summed E-state index contributed by atoms with van der Waals surface area (Å²) >= 11 is 1.22. The van der Waals surface area contributed by atoms with Crippen molar-refractivity contribution in [3.8, 4) is 0 Å². The molecule has 3 heterocycles. The predicted octanol–water partition coefficient (Wildman–Crippen LogP) is 2.92. The van der Waals surface area contributed by atoms with Gasteiger partial charge in [0.25, 0.3) is 11.8 Å². The second-order valence-electron chi connectivity index (χ2n) is 8.14. The van der Waals surface area contributed by atoms with Crippen LogP contribution in [0.5, 0.6) is 0 Å². The summed E-state index contributed by atoms with van der Waals surface area (Å²) < 4.78 is 24.5. The van der Waals surface area contributed by atoms with Crippen molar-refractivity contribution in [2.45, 2.75) is 19.4 Å². The van der Waals surface area contributed by atoms with E-state index in [-0.39, 0.29) is 17.5 Å². The topological polar surface area (TPSA) is 79.9 Å². The van der Waals surface area contributed by atoms with E-state index in [1.165, 1.54) is 29.5 Å². The van der Waals surface area contributed by atoms with E-state index in [1.54, 1.807) is 12.1 Å². The Labute approximate surface area is 190 Å². The van der Waals surface area contributed by atoms with Crippen molar-refractivity contribution in [2.75, 3.05) is 51.4 Å². The Balaban J connectivity index is 1.39. The number of benzene rings is 1. The first kappa shape index (κ1) is 22.8. The smallest absolute Gasteiger partial charge is 0.261 e. The highest BCUT2D eigenvalue weighted by molar-refractivity contribution is 7.18. The minimum absolute atomic E-state index is 0.157. The van der Waals surface area contributed by atoms with Crippen LogP contribution in [-0.4, -0.2) is 68.8 Å². The van der Waals surface area contributed by atoms with Gasteiger partial charge < -0.3 is 20.1 Å². The lowest BCUT2D eigenvalue weighted by Gasteiger charge is -2.37. The number of ether oxygens (including phenoxy) is 2. The normalized spacial score (nSPS) is 20.1. The zero-order chi connectivity index (χ0) is 22.5. The van der Waals surface area contributed by atoms with Crippen molar-refractivity contribution in [3.63, 3.8) is 0 Å². The van der Waals surface area contributed by atoms with E-state index in [9.17, 15) is 14.0 Å². The summed E-state index contributed by atoms with van der Waals surface area (Å²) in [5.41, 5.74) is 1.02. The van der Waals surface area contributed by atoms with Gasteiger partial charge in [0.05, 0.1) is 29.7 Å². The molecule has 7 nitrogen and oxygen atoms in total. The molecule has 0 saturated carbocycles. The number of nitrogens with one attached hydrogen (secondary N) is 2. The highest BCUT2D eigenvalue weighted by Gasteiger charge is 2.32. The maximum Gasteiger partial charge on any atom is 0.261 e. The van der Waals surface area contributed by atoms with Crippen LogP contribution < -0.4 is 10.6 Å². The lowest BCUT2D eigenvalue weighted by atomic mass is 9.97. The van der Waals surface area contributed by atoms with Gasteiger partial charge in [0.2, 0.25) is 0 Å². The minimum atomic E-state index is -0.470. The fourth-order valence-corrected chi connectivity index (χ4v) is 5.20. The Kier molecular flexibility index (Phi) is 7.51. The van der Waals surface area contributed by atoms with Gasteiger partial charge in [0.15, 0.2) is 0 Å². The summed E-state index contributed by atoms with van der Waals surface area (Å²) in [6, 6.07) is 7.48. The molecule has 2 N–H and O–H groups in total. The Morgan fingerprint density at radius 1 is 1.19 bits per heavy atom. The van der Waals surface area contributed by atoms with E-state index in [4.69, 9.17) is 9.47 Å². The third kappa shape index (κ3) is 5.53. The van der Waals surface area contributed by atoms with E-state index in [2.05, 4.69) is 15.5 Å². The molecule has 2 fully saturated rings.